The van der Waals surface area contributed by atoms with E-state index in [-0.39, 0.29) is 36.3 Å². The molecule has 0 atom stereocenters. The van der Waals surface area contributed by atoms with Crippen LogP contribution in [0.5, 0.6) is 0 Å². The molecule has 0 saturated carbocycles. The Labute approximate surface area is 110 Å². The maximum atomic E-state index is 11.7. The monoisotopic (exact) mass is 265 g/mol. The molecule has 0 aromatic rings. The number of nitrogens with one attached hydrogen (secondary N) is 1. The fourth-order valence-electron chi connectivity index (χ4n) is 1.24. The number of likely N-dealkylation sites (N-methyl/N-ethyl adjacent to an activating group) is 1. The van der Waals surface area contributed by atoms with Gasteiger partial charge in [0.25, 0.3) is 0 Å². The number of carbonyl (C=O) groups is 2. The second kappa shape index (κ2) is 6.21. The predicted octanol–water partition coefficient (Wildman–Crippen LogP) is 0.519. The lowest BCUT2D eigenvalue weighted by Crippen LogP contribution is -2.53. The minimum absolute atomic E-state index is 0. The second-order valence-electron chi connectivity index (χ2n) is 5.68. The Hall–Kier alpha value is -0.810. The van der Waals surface area contributed by atoms with Crippen LogP contribution in [0.1, 0.15) is 34.6 Å². The van der Waals surface area contributed by atoms with Crippen LogP contribution in [-0.2, 0) is 9.59 Å². The van der Waals surface area contributed by atoms with E-state index in [1.165, 1.54) is 4.90 Å². The molecule has 2 amide bonds. The molecule has 0 heterocycles. The van der Waals surface area contributed by atoms with Crippen molar-refractivity contribution in [2.45, 2.75) is 45.7 Å². The number of carbonyl (C=O) groups excluding carboxylic acids is 2. The van der Waals surface area contributed by atoms with Gasteiger partial charge < -0.3 is 16.0 Å². The van der Waals surface area contributed by atoms with E-state index in [0.717, 1.165) is 0 Å². The van der Waals surface area contributed by atoms with Gasteiger partial charge in [-0.25, -0.2) is 0 Å². The third-order valence-corrected chi connectivity index (χ3v) is 1.79. The summed E-state index contributed by atoms with van der Waals surface area (Å²) in [6.45, 7) is 8.93. The molecule has 0 saturated heterocycles. The number of nitrogens with two attached hydrogens (primary N) is 1. The summed E-state index contributed by atoms with van der Waals surface area (Å²) in [6.07, 6.45) is 0. The van der Waals surface area contributed by atoms with Crippen molar-refractivity contribution in [3.05, 3.63) is 0 Å². The molecule has 5 nitrogen and oxygen atoms in total. The van der Waals surface area contributed by atoms with E-state index < -0.39 is 5.54 Å². The van der Waals surface area contributed by atoms with Gasteiger partial charge in [-0.2, -0.15) is 0 Å². The molecule has 0 aromatic carbocycles. The highest BCUT2D eigenvalue weighted by Gasteiger charge is 2.27. The van der Waals surface area contributed by atoms with Crippen molar-refractivity contribution in [1.29, 1.82) is 0 Å². The number of rotatable bonds is 3. The van der Waals surface area contributed by atoms with E-state index in [1.807, 2.05) is 20.8 Å². The maximum absolute atomic E-state index is 11.7. The maximum Gasteiger partial charge on any atom is 0.242 e. The molecule has 0 aliphatic rings. The molecule has 0 unspecified atom stereocenters. The van der Waals surface area contributed by atoms with Crippen LogP contribution in [0.4, 0.5) is 0 Å². The van der Waals surface area contributed by atoms with Crippen LogP contribution in [0.3, 0.4) is 0 Å². The van der Waals surface area contributed by atoms with Crippen LogP contribution in [0.25, 0.3) is 0 Å². The van der Waals surface area contributed by atoms with E-state index in [9.17, 15) is 9.59 Å². The average Bonchev–Trinajstić information content (AvgIpc) is 1.96. The number of halogens is 1. The van der Waals surface area contributed by atoms with Gasteiger partial charge in [0.05, 0.1) is 12.1 Å². The molecule has 17 heavy (non-hydrogen) atoms. The quantitative estimate of drug-likeness (QED) is 0.781. The van der Waals surface area contributed by atoms with Crippen molar-refractivity contribution < 1.29 is 9.59 Å². The summed E-state index contributed by atoms with van der Waals surface area (Å²) in [7, 11) is 1.57. The van der Waals surface area contributed by atoms with Gasteiger partial charge in [-0.15, -0.1) is 12.4 Å². The summed E-state index contributed by atoms with van der Waals surface area (Å²) < 4.78 is 0. The highest BCUT2D eigenvalue weighted by atomic mass is 35.5. The molecule has 0 rings (SSSR count). The van der Waals surface area contributed by atoms with Gasteiger partial charge >= 0.3 is 0 Å². The Bertz CT molecular complexity index is 279. The molecular formula is C11H24ClN3O2. The summed E-state index contributed by atoms with van der Waals surface area (Å²) in [5.74, 6) is -0.441. The Morgan fingerprint density at radius 2 is 1.59 bits per heavy atom. The number of hydrogen-bond donors (Lipinski definition) is 2. The lowest BCUT2D eigenvalue weighted by molar-refractivity contribution is -0.138. The first-order chi connectivity index (χ1) is 6.93. The lowest BCUT2D eigenvalue weighted by Gasteiger charge is -2.27. The van der Waals surface area contributed by atoms with E-state index in [4.69, 9.17) is 5.73 Å². The molecular weight excluding hydrogens is 242 g/mol. The smallest absolute Gasteiger partial charge is 0.242 e. The predicted molar refractivity (Wildman–Crippen MR) is 71.0 cm³/mol. The Balaban J connectivity index is 0. The third kappa shape index (κ3) is 7.99. The fraction of sp³-hybridized carbons (Fsp3) is 0.818. The van der Waals surface area contributed by atoms with Crippen molar-refractivity contribution in [2.75, 3.05) is 13.6 Å². The summed E-state index contributed by atoms with van der Waals surface area (Å²) in [4.78, 5) is 24.6. The lowest BCUT2D eigenvalue weighted by atomic mass is 10.1. The summed E-state index contributed by atoms with van der Waals surface area (Å²) in [6, 6.07) is 0. The average molecular weight is 266 g/mol. The fourth-order valence-corrected chi connectivity index (χ4v) is 1.24. The number of amides is 2. The van der Waals surface area contributed by atoms with Crippen molar-refractivity contribution >= 4 is 24.2 Å². The molecule has 0 aliphatic heterocycles. The van der Waals surface area contributed by atoms with Gasteiger partial charge in [-0.05, 0) is 34.6 Å². The van der Waals surface area contributed by atoms with Gasteiger partial charge in [0, 0.05) is 12.6 Å². The van der Waals surface area contributed by atoms with Gasteiger partial charge in [-0.3, -0.25) is 9.59 Å². The minimum atomic E-state index is -0.948. The van der Waals surface area contributed by atoms with E-state index in [0.29, 0.717) is 0 Å². The molecule has 0 aromatic heterocycles. The number of nitrogens with zero attached hydrogens (tertiary/aromatic N) is 1. The van der Waals surface area contributed by atoms with E-state index in [1.54, 1.807) is 20.9 Å². The zero-order valence-electron chi connectivity index (χ0n) is 11.5. The van der Waals surface area contributed by atoms with Crippen molar-refractivity contribution in [3.8, 4) is 0 Å². The molecule has 3 N–H and O–H groups in total. The summed E-state index contributed by atoms with van der Waals surface area (Å²) >= 11 is 0. The first kappa shape index (κ1) is 18.6. The molecule has 0 radical (unpaired) electrons. The third-order valence-electron chi connectivity index (χ3n) is 1.79. The van der Waals surface area contributed by atoms with Gasteiger partial charge in [0.2, 0.25) is 11.8 Å². The van der Waals surface area contributed by atoms with E-state index >= 15 is 0 Å². The van der Waals surface area contributed by atoms with Crippen LogP contribution in [0.2, 0.25) is 0 Å². The van der Waals surface area contributed by atoms with Gasteiger partial charge in [-0.1, -0.05) is 0 Å². The highest BCUT2D eigenvalue weighted by Crippen LogP contribution is 2.03. The normalized spacial score (nSPS) is 11.5. The second-order valence-corrected chi connectivity index (χ2v) is 5.68. The molecule has 0 bridgehead atoms. The van der Waals surface area contributed by atoms with Crippen molar-refractivity contribution in [3.63, 3.8) is 0 Å². The largest absolute Gasteiger partial charge is 0.350 e. The zero-order chi connectivity index (χ0) is 13.1. The first-order valence-electron chi connectivity index (χ1n) is 5.29. The highest BCUT2D eigenvalue weighted by molar-refractivity contribution is 5.89. The standard InChI is InChI=1S/C11H23N3O2.ClH/c1-10(2,3)13-8(15)7-14(6)9(16)11(4,5)12;/h7,12H2,1-6H3,(H,13,15);1H. The van der Waals surface area contributed by atoms with Gasteiger partial charge in [0.15, 0.2) is 0 Å². The molecule has 0 fully saturated rings. The van der Waals surface area contributed by atoms with Gasteiger partial charge in [0.1, 0.15) is 0 Å². The molecule has 6 heteroatoms. The first-order valence-corrected chi connectivity index (χ1v) is 5.29. The van der Waals surface area contributed by atoms with Crippen LogP contribution in [0, 0.1) is 0 Å². The minimum Gasteiger partial charge on any atom is -0.350 e. The van der Waals surface area contributed by atoms with Crippen LogP contribution >= 0.6 is 12.4 Å². The molecule has 0 spiro atoms. The Kier molecular flexibility index (Phi) is 6.78. The Morgan fingerprint density at radius 1 is 1.18 bits per heavy atom. The summed E-state index contributed by atoms with van der Waals surface area (Å²) in [5.41, 5.74) is 4.42. The van der Waals surface area contributed by atoms with Crippen LogP contribution in [0.15, 0.2) is 0 Å². The number of hydrogen-bond acceptors (Lipinski definition) is 3. The SMILES string of the molecule is CN(CC(=O)NC(C)(C)C)C(=O)C(C)(C)N.Cl. The zero-order valence-corrected chi connectivity index (χ0v) is 12.3. The van der Waals surface area contributed by atoms with Crippen LogP contribution in [-0.4, -0.2) is 41.4 Å². The van der Waals surface area contributed by atoms with Crippen molar-refractivity contribution in [2.24, 2.45) is 5.73 Å². The molecule has 0 aliphatic carbocycles. The van der Waals surface area contributed by atoms with E-state index in [2.05, 4.69) is 5.32 Å². The molecule has 102 valence electrons. The topological polar surface area (TPSA) is 75.4 Å². The Morgan fingerprint density at radius 3 is 1.88 bits per heavy atom. The van der Waals surface area contributed by atoms with Crippen molar-refractivity contribution in [1.82, 2.24) is 10.2 Å². The van der Waals surface area contributed by atoms with Crippen LogP contribution < -0.4 is 11.1 Å². The summed E-state index contributed by atoms with van der Waals surface area (Å²) in [5, 5.41) is 2.78.